The van der Waals surface area contributed by atoms with E-state index in [-0.39, 0.29) is 24.4 Å². The molecule has 2 bridgehead atoms. The second-order valence-electron chi connectivity index (χ2n) is 6.17. The number of aryl methyl sites for hydroxylation is 1. The molecule has 1 aromatic heterocycles. The summed E-state index contributed by atoms with van der Waals surface area (Å²) in [5.41, 5.74) is 0. The summed E-state index contributed by atoms with van der Waals surface area (Å²) in [6.45, 7) is 0. The van der Waals surface area contributed by atoms with Crippen LogP contribution in [0.5, 0.6) is 0 Å². The first kappa shape index (κ1) is 14.6. The molecule has 2 atom stereocenters. The lowest BCUT2D eigenvalue weighted by Crippen LogP contribution is -2.46. The Bertz CT molecular complexity index is 638. The molecular formula is C14H20N2O4S. The third-order valence-corrected chi connectivity index (χ3v) is 6.60. The van der Waals surface area contributed by atoms with Gasteiger partial charge in [0.1, 0.15) is 0 Å². The maximum absolute atomic E-state index is 12.8. The fourth-order valence-electron chi connectivity index (χ4n) is 3.80. The maximum Gasteiger partial charge on any atom is 0.303 e. The molecule has 2 aliphatic heterocycles. The van der Waals surface area contributed by atoms with Crippen LogP contribution in [-0.2, 0) is 21.9 Å². The van der Waals surface area contributed by atoms with Crippen molar-refractivity contribution < 1.29 is 18.3 Å². The summed E-state index contributed by atoms with van der Waals surface area (Å²) in [5, 5.41) is 8.93. The number of carbonyl (C=O) groups is 1. The molecule has 3 rings (SSSR count). The molecule has 0 spiro atoms. The molecule has 6 nitrogen and oxygen atoms in total. The third-order valence-electron chi connectivity index (χ3n) is 4.61. The Morgan fingerprint density at radius 1 is 1.33 bits per heavy atom. The molecule has 7 heteroatoms. The predicted octanol–water partition coefficient (Wildman–Crippen LogP) is 1.43. The van der Waals surface area contributed by atoms with Gasteiger partial charge in [-0.05, 0) is 37.7 Å². The van der Waals surface area contributed by atoms with Crippen LogP contribution in [0.3, 0.4) is 0 Å². The number of sulfonamides is 1. The molecule has 2 unspecified atom stereocenters. The lowest BCUT2D eigenvalue weighted by molar-refractivity contribution is -0.138. The molecule has 0 saturated carbocycles. The van der Waals surface area contributed by atoms with Crippen LogP contribution in [-0.4, -0.2) is 40.4 Å². The molecule has 3 heterocycles. The Balaban J connectivity index is 1.83. The summed E-state index contributed by atoms with van der Waals surface area (Å²) >= 11 is 0. The largest absolute Gasteiger partial charge is 0.481 e. The first-order valence-corrected chi connectivity index (χ1v) is 8.69. The number of fused-ring (bicyclic) bond motifs is 2. The Labute approximate surface area is 124 Å². The first-order chi connectivity index (χ1) is 9.88. The van der Waals surface area contributed by atoms with Gasteiger partial charge < -0.3 is 9.67 Å². The molecule has 21 heavy (non-hydrogen) atoms. The van der Waals surface area contributed by atoms with Crippen molar-refractivity contribution in [2.24, 2.45) is 13.0 Å². The molecule has 2 aliphatic rings. The molecule has 2 saturated heterocycles. The van der Waals surface area contributed by atoms with E-state index in [1.165, 1.54) is 0 Å². The highest BCUT2D eigenvalue weighted by molar-refractivity contribution is 7.89. The van der Waals surface area contributed by atoms with E-state index in [0.717, 1.165) is 12.8 Å². The maximum atomic E-state index is 12.8. The van der Waals surface area contributed by atoms with Gasteiger partial charge in [-0.1, -0.05) is 0 Å². The van der Waals surface area contributed by atoms with Crippen LogP contribution in [0.4, 0.5) is 0 Å². The van der Waals surface area contributed by atoms with Crippen LogP contribution < -0.4 is 0 Å². The average Bonchev–Trinajstić information content (AvgIpc) is 2.92. The molecular weight excluding hydrogens is 292 g/mol. The van der Waals surface area contributed by atoms with Gasteiger partial charge in [0.25, 0.3) is 0 Å². The van der Waals surface area contributed by atoms with Gasteiger partial charge in [-0.25, -0.2) is 8.42 Å². The lowest BCUT2D eigenvalue weighted by atomic mass is 9.90. The molecule has 0 amide bonds. The SMILES string of the molecule is Cn1ccc(S(=O)(=O)N2C3CCC2CC(CC(=O)O)C3)c1. The number of hydrogen-bond donors (Lipinski definition) is 1. The van der Waals surface area contributed by atoms with Gasteiger partial charge >= 0.3 is 5.97 Å². The van der Waals surface area contributed by atoms with Gasteiger partial charge in [0.2, 0.25) is 10.0 Å². The smallest absolute Gasteiger partial charge is 0.303 e. The van der Waals surface area contributed by atoms with Gasteiger partial charge in [-0.2, -0.15) is 4.31 Å². The van der Waals surface area contributed by atoms with Crippen LogP contribution >= 0.6 is 0 Å². The van der Waals surface area contributed by atoms with E-state index in [0.29, 0.717) is 17.7 Å². The summed E-state index contributed by atoms with van der Waals surface area (Å²) in [7, 11) is -1.67. The molecule has 2 fully saturated rings. The van der Waals surface area contributed by atoms with Gasteiger partial charge in [0.15, 0.2) is 0 Å². The zero-order valence-corrected chi connectivity index (χ0v) is 12.8. The highest BCUT2D eigenvalue weighted by Crippen LogP contribution is 2.43. The van der Waals surface area contributed by atoms with E-state index in [1.807, 2.05) is 0 Å². The third kappa shape index (κ3) is 2.60. The summed E-state index contributed by atoms with van der Waals surface area (Å²) in [6.07, 6.45) is 6.50. The van der Waals surface area contributed by atoms with Crippen LogP contribution in [0.25, 0.3) is 0 Å². The number of rotatable bonds is 4. The average molecular weight is 312 g/mol. The standard InChI is InChI=1S/C14H20N2O4S/c1-15-5-4-13(9-15)21(19,20)16-11-2-3-12(16)7-10(6-11)8-14(17)18/h4-5,9-12H,2-3,6-8H2,1H3,(H,17,18). The van der Waals surface area contributed by atoms with Crippen molar-refractivity contribution in [2.75, 3.05) is 0 Å². The molecule has 116 valence electrons. The lowest BCUT2D eigenvalue weighted by Gasteiger charge is -2.37. The first-order valence-electron chi connectivity index (χ1n) is 7.25. The van der Waals surface area contributed by atoms with Crippen molar-refractivity contribution in [2.45, 2.75) is 49.1 Å². The molecule has 0 aliphatic carbocycles. The van der Waals surface area contributed by atoms with Crippen molar-refractivity contribution in [1.29, 1.82) is 0 Å². The fraction of sp³-hybridized carbons (Fsp3) is 0.643. The number of carboxylic acids is 1. The zero-order valence-electron chi connectivity index (χ0n) is 12.0. The molecule has 1 aromatic rings. The molecule has 0 radical (unpaired) electrons. The Morgan fingerprint density at radius 3 is 2.43 bits per heavy atom. The van der Waals surface area contributed by atoms with E-state index in [4.69, 9.17) is 5.11 Å². The highest BCUT2D eigenvalue weighted by Gasteiger charge is 2.47. The van der Waals surface area contributed by atoms with Crippen molar-refractivity contribution >= 4 is 16.0 Å². The summed E-state index contributed by atoms with van der Waals surface area (Å²) in [5.74, 6) is -0.694. The number of piperidine rings is 1. The Hall–Kier alpha value is -1.34. The Morgan fingerprint density at radius 2 is 1.95 bits per heavy atom. The minimum absolute atomic E-state index is 0.0432. The predicted molar refractivity (Wildman–Crippen MR) is 76.2 cm³/mol. The zero-order chi connectivity index (χ0) is 15.2. The Kier molecular flexibility index (Phi) is 3.57. The van der Waals surface area contributed by atoms with Gasteiger partial charge in [-0.3, -0.25) is 4.79 Å². The normalized spacial score (nSPS) is 29.7. The highest BCUT2D eigenvalue weighted by atomic mass is 32.2. The van der Waals surface area contributed by atoms with Gasteiger partial charge in [0.05, 0.1) is 4.90 Å². The van der Waals surface area contributed by atoms with Gasteiger partial charge in [0, 0.05) is 37.9 Å². The number of nitrogens with zero attached hydrogens (tertiary/aromatic N) is 2. The number of carboxylic acid groups (broad SMARTS) is 1. The van der Waals surface area contributed by atoms with E-state index in [1.54, 1.807) is 34.4 Å². The fourth-order valence-corrected chi connectivity index (χ4v) is 5.75. The second-order valence-corrected chi connectivity index (χ2v) is 8.01. The molecule has 1 N–H and O–H groups in total. The quantitative estimate of drug-likeness (QED) is 0.912. The minimum atomic E-state index is -3.46. The topological polar surface area (TPSA) is 79.6 Å². The number of aromatic nitrogens is 1. The van der Waals surface area contributed by atoms with Crippen molar-refractivity contribution in [3.8, 4) is 0 Å². The van der Waals surface area contributed by atoms with E-state index in [9.17, 15) is 13.2 Å². The number of hydrogen-bond acceptors (Lipinski definition) is 3. The number of aliphatic carboxylic acids is 1. The summed E-state index contributed by atoms with van der Waals surface area (Å²) < 4.78 is 28.9. The molecule has 0 aromatic carbocycles. The van der Waals surface area contributed by atoms with E-state index >= 15 is 0 Å². The van der Waals surface area contributed by atoms with Gasteiger partial charge in [-0.15, -0.1) is 0 Å². The van der Waals surface area contributed by atoms with E-state index in [2.05, 4.69) is 0 Å². The van der Waals surface area contributed by atoms with Crippen LogP contribution in [0.2, 0.25) is 0 Å². The van der Waals surface area contributed by atoms with Crippen molar-refractivity contribution in [3.63, 3.8) is 0 Å². The van der Waals surface area contributed by atoms with Crippen LogP contribution in [0, 0.1) is 5.92 Å². The summed E-state index contributed by atoms with van der Waals surface area (Å²) in [4.78, 5) is 11.2. The second kappa shape index (κ2) is 5.14. The minimum Gasteiger partial charge on any atom is -0.481 e. The van der Waals surface area contributed by atoms with Crippen LogP contribution in [0.15, 0.2) is 23.4 Å². The monoisotopic (exact) mass is 312 g/mol. The van der Waals surface area contributed by atoms with Crippen molar-refractivity contribution in [3.05, 3.63) is 18.5 Å². The van der Waals surface area contributed by atoms with Crippen LogP contribution in [0.1, 0.15) is 32.1 Å². The van der Waals surface area contributed by atoms with Crippen molar-refractivity contribution in [1.82, 2.24) is 8.87 Å². The van der Waals surface area contributed by atoms with E-state index < -0.39 is 16.0 Å². The summed E-state index contributed by atoms with van der Waals surface area (Å²) in [6, 6.07) is 1.54.